The highest BCUT2D eigenvalue weighted by atomic mass is 16.5. The first-order chi connectivity index (χ1) is 12.4. The van der Waals surface area contributed by atoms with Crippen LogP contribution in [0.3, 0.4) is 0 Å². The molecule has 0 saturated carbocycles. The van der Waals surface area contributed by atoms with Crippen molar-refractivity contribution >= 4 is 23.1 Å². The molecule has 0 heterocycles. The molecule has 0 aromatic heterocycles. The minimum absolute atomic E-state index is 0.0409. The molecule has 0 aliphatic carbocycles. The normalized spacial score (nSPS) is 11.5. The van der Waals surface area contributed by atoms with Crippen LogP contribution < -0.4 is 15.0 Å². The molecule has 26 heavy (non-hydrogen) atoms. The van der Waals surface area contributed by atoms with E-state index in [2.05, 4.69) is 24.1 Å². The monoisotopic (exact) mass is 354 g/mol. The Balaban J connectivity index is 1.98. The van der Waals surface area contributed by atoms with Crippen molar-refractivity contribution in [2.24, 2.45) is 0 Å². The zero-order valence-corrected chi connectivity index (χ0v) is 15.8. The Morgan fingerprint density at radius 3 is 2.31 bits per heavy atom. The maximum Gasteiger partial charge on any atom is 0.265 e. The summed E-state index contributed by atoms with van der Waals surface area (Å²) < 4.78 is 5.66. The fraction of sp³-hybridized carbons (Fsp3) is 0.333. The van der Waals surface area contributed by atoms with Crippen molar-refractivity contribution in [1.82, 2.24) is 0 Å². The smallest absolute Gasteiger partial charge is 0.265 e. The third-order valence-corrected chi connectivity index (χ3v) is 4.19. The molecule has 5 nitrogen and oxygen atoms in total. The number of ether oxygens (including phenoxy) is 1. The summed E-state index contributed by atoms with van der Waals surface area (Å²) in [6.45, 7) is 9.27. The van der Waals surface area contributed by atoms with E-state index >= 15 is 0 Å². The van der Waals surface area contributed by atoms with Crippen molar-refractivity contribution in [2.75, 3.05) is 23.3 Å². The number of anilines is 2. The van der Waals surface area contributed by atoms with Crippen LogP contribution >= 0.6 is 0 Å². The second-order valence-electron chi connectivity index (χ2n) is 6.05. The molecule has 1 N–H and O–H groups in total. The summed E-state index contributed by atoms with van der Waals surface area (Å²) in [4.78, 5) is 26.0. The topological polar surface area (TPSA) is 58.6 Å². The van der Waals surface area contributed by atoms with E-state index in [1.807, 2.05) is 24.3 Å². The first-order valence-corrected chi connectivity index (χ1v) is 8.88. The van der Waals surface area contributed by atoms with Crippen LogP contribution in [0.1, 0.15) is 38.1 Å². The summed E-state index contributed by atoms with van der Waals surface area (Å²) in [5.41, 5.74) is 2.40. The van der Waals surface area contributed by atoms with Gasteiger partial charge < -0.3 is 15.0 Å². The molecule has 1 unspecified atom stereocenters. The number of rotatable bonds is 8. The van der Waals surface area contributed by atoms with Crippen LogP contribution in [0.2, 0.25) is 0 Å². The van der Waals surface area contributed by atoms with Crippen LogP contribution in [-0.2, 0) is 4.79 Å². The number of nitrogens with one attached hydrogen (secondary N) is 1. The highest BCUT2D eigenvalue weighted by molar-refractivity contribution is 5.95. The molecule has 2 aromatic rings. The van der Waals surface area contributed by atoms with Crippen molar-refractivity contribution in [1.29, 1.82) is 0 Å². The number of amides is 1. The van der Waals surface area contributed by atoms with E-state index in [9.17, 15) is 9.59 Å². The van der Waals surface area contributed by atoms with E-state index < -0.39 is 6.10 Å². The van der Waals surface area contributed by atoms with Crippen molar-refractivity contribution in [3.05, 3.63) is 54.1 Å². The Hall–Kier alpha value is -2.82. The Morgan fingerprint density at radius 1 is 1.08 bits per heavy atom. The molecule has 138 valence electrons. The molecular weight excluding hydrogens is 328 g/mol. The van der Waals surface area contributed by atoms with Gasteiger partial charge in [-0.2, -0.15) is 0 Å². The summed E-state index contributed by atoms with van der Waals surface area (Å²) >= 11 is 0. The Kier molecular flexibility index (Phi) is 6.78. The number of carbonyl (C=O) groups is 2. The van der Waals surface area contributed by atoms with E-state index in [1.165, 1.54) is 6.92 Å². The first kappa shape index (κ1) is 19.5. The molecule has 0 bridgehead atoms. The average molecular weight is 354 g/mol. The number of ketones is 1. The van der Waals surface area contributed by atoms with Crippen molar-refractivity contribution < 1.29 is 14.3 Å². The van der Waals surface area contributed by atoms with E-state index in [1.54, 1.807) is 31.2 Å². The summed E-state index contributed by atoms with van der Waals surface area (Å²) in [5.74, 6) is 0.215. The molecule has 0 spiro atoms. The van der Waals surface area contributed by atoms with E-state index in [-0.39, 0.29) is 11.7 Å². The second-order valence-corrected chi connectivity index (χ2v) is 6.05. The number of Topliss-reactive ketones (excluding diaryl/α,β-unsaturated/α-hetero) is 1. The molecule has 0 aliphatic rings. The lowest BCUT2D eigenvalue weighted by Crippen LogP contribution is -2.30. The van der Waals surface area contributed by atoms with Gasteiger partial charge in [0.15, 0.2) is 11.9 Å². The van der Waals surface area contributed by atoms with Crippen molar-refractivity contribution in [2.45, 2.75) is 33.8 Å². The number of nitrogens with zero attached hydrogens (tertiary/aromatic N) is 1. The quantitative estimate of drug-likeness (QED) is 0.724. The second kappa shape index (κ2) is 9.04. The largest absolute Gasteiger partial charge is 0.481 e. The number of hydrogen-bond donors (Lipinski definition) is 1. The number of hydrogen-bond acceptors (Lipinski definition) is 4. The molecule has 2 rings (SSSR count). The van der Waals surface area contributed by atoms with Gasteiger partial charge in [-0.25, -0.2) is 0 Å². The van der Waals surface area contributed by atoms with Gasteiger partial charge in [0.2, 0.25) is 0 Å². The van der Waals surface area contributed by atoms with Gasteiger partial charge in [0.05, 0.1) is 0 Å². The molecule has 0 aliphatic heterocycles. The van der Waals surface area contributed by atoms with Crippen molar-refractivity contribution in [3.63, 3.8) is 0 Å². The molecule has 0 saturated heterocycles. The lowest BCUT2D eigenvalue weighted by atomic mass is 10.1. The lowest BCUT2D eigenvalue weighted by Gasteiger charge is -2.21. The van der Waals surface area contributed by atoms with Crippen LogP contribution in [-0.4, -0.2) is 30.9 Å². The van der Waals surface area contributed by atoms with E-state index in [0.29, 0.717) is 11.3 Å². The zero-order valence-electron chi connectivity index (χ0n) is 15.8. The van der Waals surface area contributed by atoms with Gasteiger partial charge in [-0.15, -0.1) is 0 Å². The van der Waals surface area contributed by atoms with Crippen LogP contribution in [0.5, 0.6) is 5.75 Å². The third-order valence-electron chi connectivity index (χ3n) is 4.19. The van der Waals surface area contributed by atoms with Gasteiger partial charge in [0.25, 0.3) is 5.91 Å². The van der Waals surface area contributed by atoms with Crippen LogP contribution in [0.25, 0.3) is 0 Å². The minimum atomic E-state index is -0.681. The van der Waals surface area contributed by atoms with E-state index in [0.717, 1.165) is 24.5 Å². The predicted octanol–water partition coefficient (Wildman–Crippen LogP) is 4.14. The summed E-state index contributed by atoms with van der Waals surface area (Å²) in [5, 5.41) is 2.85. The highest BCUT2D eigenvalue weighted by Gasteiger charge is 2.15. The number of benzene rings is 2. The maximum absolute atomic E-state index is 12.4. The van der Waals surface area contributed by atoms with Crippen LogP contribution in [0.15, 0.2) is 48.5 Å². The molecule has 5 heteroatoms. The molecule has 2 aromatic carbocycles. The average Bonchev–Trinajstić information content (AvgIpc) is 2.64. The summed E-state index contributed by atoms with van der Waals surface area (Å²) in [6, 6.07) is 14.6. The lowest BCUT2D eigenvalue weighted by molar-refractivity contribution is -0.122. The predicted molar refractivity (Wildman–Crippen MR) is 105 cm³/mol. The Morgan fingerprint density at radius 2 is 1.73 bits per heavy atom. The Labute approximate surface area is 155 Å². The van der Waals surface area contributed by atoms with Gasteiger partial charge in [-0.05, 0) is 64.1 Å². The third kappa shape index (κ3) is 5.09. The van der Waals surface area contributed by atoms with Crippen LogP contribution in [0, 0.1) is 0 Å². The minimum Gasteiger partial charge on any atom is -0.481 e. The van der Waals surface area contributed by atoms with Gasteiger partial charge >= 0.3 is 0 Å². The Bertz CT molecular complexity index is 752. The highest BCUT2D eigenvalue weighted by Crippen LogP contribution is 2.19. The number of carbonyl (C=O) groups excluding carboxylic acids is 2. The van der Waals surface area contributed by atoms with E-state index in [4.69, 9.17) is 4.74 Å². The fourth-order valence-electron chi connectivity index (χ4n) is 2.63. The standard InChI is InChI=1S/C21H26N2O3/c1-5-23(6-2)19-12-10-18(11-13-19)22-21(25)16(4)26-20-9-7-8-17(14-20)15(3)24/h7-14,16H,5-6H2,1-4H3,(H,22,25). The van der Waals surface area contributed by atoms with Gasteiger partial charge in [-0.1, -0.05) is 12.1 Å². The molecule has 0 radical (unpaired) electrons. The van der Waals surface area contributed by atoms with Gasteiger partial charge in [-0.3, -0.25) is 9.59 Å². The summed E-state index contributed by atoms with van der Waals surface area (Å²) in [7, 11) is 0. The first-order valence-electron chi connectivity index (χ1n) is 8.88. The zero-order chi connectivity index (χ0) is 19.1. The fourth-order valence-corrected chi connectivity index (χ4v) is 2.63. The summed E-state index contributed by atoms with van der Waals surface area (Å²) in [6.07, 6.45) is -0.681. The molecule has 1 atom stereocenters. The molecule has 1 amide bonds. The molecule has 0 fully saturated rings. The SMILES string of the molecule is CCN(CC)c1ccc(NC(=O)C(C)Oc2cccc(C(C)=O)c2)cc1. The van der Waals surface area contributed by atoms with Crippen molar-refractivity contribution in [3.8, 4) is 5.75 Å². The van der Waals surface area contributed by atoms with Crippen LogP contribution in [0.4, 0.5) is 11.4 Å². The van der Waals surface area contributed by atoms with Gasteiger partial charge in [0.1, 0.15) is 5.75 Å². The maximum atomic E-state index is 12.4. The van der Waals surface area contributed by atoms with Gasteiger partial charge in [0, 0.05) is 30.0 Å². The molecular formula is C21H26N2O3.